The first-order chi connectivity index (χ1) is 16.1. The summed E-state index contributed by atoms with van der Waals surface area (Å²) in [6, 6.07) is 10.2. The van der Waals surface area contributed by atoms with Gasteiger partial charge in [-0.1, -0.05) is 0 Å². The molecule has 2 aliphatic heterocycles. The largest absolute Gasteiger partial charge is 0.497 e. The Balaban J connectivity index is 1.53. The Kier molecular flexibility index (Phi) is 6.51. The number of rotatable bonds is 7. The lowest BCUT2D eigenvalue weighted by atomic mass is 10.1. The highest BCUT2D eigenvalue weighted by molar-refractivity contribution is 7.12. The minimum absolute atomic E-state index is 0.0835. The highest BCUT2D eigenvalue weighted by Crippen LogP contribution is 2.31. The number of carbonyl (C=O) groups excluding carboxylic acids is 1. The van der Waals surface area contributed by atoms with E-state index in [4.69, 9.17) is 14.5 Å². The maximum Gasteiger partial charge on any atom is 0.264 e. The van der Waals surface area contributed by atoms with Gasteiger partial charge >= 0.3 is 0 Å². The highest BCUT2D eigenvalue weighted by Gasteiger charge is 2.27. The Bertz CT molecular complexity index is 1130. The number of nitrogens with zero attached hydrogens (tertiary/aromatic N) is 3. The molecule has 0 aliphatic carbocycles. The number of benzene rings is 1. The summed E-state index contributed by atoms with van der Waals surface area (Å²) < 4.78 is 11.3. The molecule has 1 aromatic carbocycles. The van der Waals surface area contributed by atoms with Gasteiger partial charge in [0, 0.05) is 49.8 Å². The fraction of sp³-hybridized carbons (Fsp3) is 0.462. The van der Waals surface area contributed by atoms with Crippen molar-refractivity contribution in [2.45, 2.75) is 45.3 Å². The minimum Gasteiger partial charge on any atom is -0.497 e. The molecule has 0 bridgehead atoms. The van der Waals surface area contributed by atoms with Gasteiger partial charge in [-0.3, -0.25) is 4.79 Å². The molecule has 4 heterocycles. The molecular weight excluding hydrogens is 434 g/mol. The lowest BCUT2D eigenvalue weighted by molar-refractivity contribution is 0.0510. The van der Waals surface area contributed by atoms with Gasteiger partial charge in [-0.2, -0.15) is 0 Å². The van der Waals surface area contributed by atoms with Crippen molar-refractivity contribution in [3.63, 3.8) is 0 Å². The molecule has 2 saturated heterocycles. The monoisotopic (exact) mass is 465 g/mol. The van der Waals surface area contributed by atoms with E-state index in [1.807, 2.05) is 41.5 Å². The van der Waals surface area contributed by atoms with Crippen molar-refractivity contribution in [2.24, 2.45) is 0 Å². The third-order valence-electron chi connectivity index (χ3n) is 6.64. The molecule has 3 aromatic rings. The zero-order chi connectivity index (χ0) is 22.8. The van der Waals surface area contributed by atoms with E-state index in [1.54, 1.807) is 7.11 Å². The van der Waals surface area contributed by atoms with Crippen molar-refractivity contribution in [2.75, 3.05) is 38.3 Å². The van der Waals surface area contributed by atoms with Gasteiger partial charge in [-0.15, -0.1) is 11.3 Å². The number of aromatic nitrogens is 1. The molecule has 2 fully saturated rings. The van der Waals surface area contributed by atoms with Crippen LogP contribution in [0, 0.1) is 6.92 Å². The number of aryl methyl sites for hydroxylation is 1. The van der Waals surface area contributed by atoms with Gasteiger partial charge in [0.25, 0.3) is 5.91 Å². The van der Waals surface area contributed by atoms with Gasteiger partial charge in [0.1, 0.15) is 11.6 Å². The van der Waals surface area contributed by atoms with Crippen LogP contribution in [0.1, 0.15) is 46.5 Å². The topological polar surface area (TPSA) is 54.9 Å². The second kappa shape index (κ2) is 9.69. The fourth-order valence-electron chi connectivity index (χ4n) is 4.82. The number of hydrogen-bond acceptors (Lipinski definition) is 6. The first kappa shape index (κ1) is 22.2. The second-order valence-electron chi connectivity index (χ2n) is 8.98. The van der Waals surface area contributed by atoms with Crippen LogP contribution in [-0.2, 0) is 11.3 Å². The number of fused-ring (bicyclic) bond motifs is 1. The first-order valence-electron chi connectivity index (χ1n) is 11.8. The van der Waals surface area contributed by atoms with Crippen molar-refractivity contribution in [3.05, 3.63) is 51.7 Å². The quantitative estimate of drug-likeness (QED) is 0.490. The predicted molar refractivity (Wildman–Crippen MR) is 133 cm³/mol. The molecule has 1 unspecified atom stereocenters. The lowest BCUT2D eigenvalue weighted by Gasteiger charge is -2.28. The Labute approximate surface area is 199 Å². The van der Waals surface area contributed by atoms with Crippen molar-refractivity contribution in [1.82, 2.24) is 9.88 Å². The number of pyridine rings is 1. The maximum atomic E-state index is 13.6. The average Bonchev–Trinajstić information content (AvgIpc) is 3.61. The molecule has 0 radical (unpaired) electrons. The standard InChI is InChI=1S/C26H31N3O3S/c1-18-9-13-33-24(18)26(30)29(17-22-6-5-12-32-22)16-20-14-19-7-8-21(31-2)15-23(19)27-25(20)28-10-3-4-11-28/h7-9,13-15,22H,3-6,10-12,16-17H2,1-2H3. The van der Waals surface area contributed by atoms with Crippen LogP contribution in [0.15, 0.2) is 35.7 Å². The third-order valence-corrected chi connectivity index (χ3v) is 7.64. The number of amides is 1. The molecule has 174 valence electrons. The van der Waals surface area contributed by atoms with E-state index in [2.05, 4.69) is 11.0 Å². The molecule has 7 heteroatoms. The van der Waals surface area contributed by atoms with E-state index in [0.717, 1.165) is 71.0 Å². The molecule has 0 saturated carbocycles. The van der Waals surface area contributed by atoms with Gasteiger partial charge < -0.3 is 19.3 Å². The van der Waals surface area contributed by atoms with Gasteiger partial charge in [0.05, 0.1) is 23.6 Å². The maximum absolute atomic E-state index is 13.6. The van der Waals surface area contributed by atoms with Crippen molar-refractivity contribution >= 4 is 34.0 Å². The van der Waals surface area contributed by atoms with Crippen LogP contribution in [-0.4, -0.2) is 55.2 Å². The number of methoxy groups -OCH3 is 1. The number of thiophene rings is 1. The first-order valence-corrected chi connectivity index (χ1v) is 12.7. The molecule has 33 heavy (non-hydrogen) atoms. The van der Waals surface area contributed by atoms with Gasteiger partial charge in [-0.05, 0) is 67.8 Å². The summed E-state index contributed by atoms with van der Waals surface area (Å²) in [6.07, 6.45) is 4.50. The summed E-state index contributed by atoms with van der Waals surface area (Å²) >= 11 is 1.52. The SMILES string of the molecule is COc1ccc2cc(CN(CC3CCCO3)C(=O)c3sccc3C)c(N3CCCC3)nc2c1. The molecule has 1 atom stereocenters. The zero-order valence-corrected chi connectivity index (χ0v) is 20.2. The number of anilines is 1. The van der Waals surface area contributed by atoms with E-state index < -0.39 is 0 Å². The summed E-state index contributed by atoms with van der Waals surface area (Å²) in [4.78, 5) is 23.8. The Morgan fingerprint density at radius 1 is 1.24 bits per heavy atom. The zero-order valence-electron chi connectivity index (χ0n) is 19.4. The van der Waals surface area contributed by atoms with Crippen LogP contribution in [0.2, 0.25) is 0 Å². The molecule has 0 N–H and O–H groups in total. The molecular formula is C26H31N3O3S. The number of hydrogen-bond donors (Lipinski definition) is 0. The minimum atomic E-state index is 0.0835. The van der Waals surface area contributed by atoms with Crippen LogP contribution in [0.5, 0.6) is 5.75 Å². The van der Waals surface area contributed by atoms with Crippen LogP contribution < -0.4 is 9.64 Å². The molecule has 2 aliphatic rings. The fourth-order valence-corrected chi connectivity index (χ4v) is 5.71. The molecule has 0 spiro atoms. The van der Waals surface area contributed by atoms with Crippen LogP contribution in [0.3, 0.4) is 0 Å². The summed E-state index contributed by atoms with van der Waals surface area (Å²) in [7, 11) is 1.68. The van der Waals surface area contributed by atoms with Crippen molar-refractivity contribution in [1.29, 1.82) is 0 Å². The third kappa shape index (κ3) is 4.70. The van der Waals surface area contributed by atoms with E-state index in [9.17, 15) is 4.79 Å². The van der Waals surface area contributed by atoms with Crippen molar-refractivity contribution < 1.29 is 14.3 Å². The van der Waals surface area contributed by atoms with Gasteiger partial charge in [0.2, 0.25) is 0 Å². The number of ether oxygens (including phenoxy) is 2. The molecule has 6 nitrogen and oxygen atoms in total. The van der Waals surface area contributed by atoms with E-state index in [-0.39, 0.29) is 12.0 Å². The van der Waals surface area contributed by atoms with E-state index in [0.29, 0.717) is 13.1 Å². The summed E-state index contributed by atoms with van der Waals surface area (Å²) in [5.41, 5.74) is 3.05. The Morgan fingerprint density at radius 3 is 2.79 bits per heavy atom. The highest BCUT2D eigenvalue weighted by atomic mass is 32.1. The van der Waals surface area contributed by atoms with E-state index in [1.165, 1.54) is 24.2 Å². The smallest absolute Gasteiger partial charge is 0.264 e. The summed E-state index contributed by atoms with van der Waals surface area (Å²) in [6.45, 7) is 5.92. The van der Waals surface area contributed by atoms with Crippen LogP contribution in [0.25, 0.3) is 10.9 Å². The van der Waals surface area contributed by atoms with E-state index >= 15 is 0 Å². The lowest BCUT2D eigenvalue weighted by Crippen LogP contribution is -2.37. The molecule has 5 rings (SSSR count). The average molecular weight is 466 g/mol. The van der Waals surface area contributed by atoms with Crippen molar-refractivity contribution in [3.8, 4) is 5.75 Å². The van der Waals surface area contributed by atoms with Gasteiger partial charge in [-0.25, -0.2) is 4.98 Å². The number of carbonyl (C=O) groups is 1. The molecule has 1 amide bonds. The summed E-state index contributed by atoms with van der Waals surface area (Å²) in [5, 5.41) is 3.05. The Hall–Kier alpha value is -2.64. The second-order valence-corrected chi connectivity index (χ2v) is 9.89. The predicted octanol–water partition coefficient (Wildman–Crippen LogP) is 5.03. The van der Waals surface area contributed by atoms with Crippen LogP contribution in [0.4, 0.5) is 5.82 Å². The Morgan fingerprint density at radius 2 is 2.09 bits per heavy atom. The van der Waals surface area contributed by atoms with Gasteiger partial charge in [0.15, 0.2) is 0 Å². The normalized spacial score (nSPS) is 18.2. The summed E-state index contributed by atoms with van der Waals surface area (Å²) in [5.74, 6) is 1.87. The molecule has 2 aromatic heterocycles. The van der Waals surface area contributed by atoms with Crippen LogP contribution >= 0.6 is 11.3 Å².